The Morgan fingerprint density at radius 3 is 2.55 bits per heavy atom. The summed E-state index contributed by atoms with van der Waals surface area (Å²) in [4.78, 5) is 4.66. The van der Waals surface area contributed by atoms with Crippen LogP contribution < -0.4 is 15.4 Å². The molecule has 0 saturated heterocycles. The number of aryl methyl sites for hydroxylation is 1. The summed E-state index contributed by atoms with van der Waals surface area (Å²) >= 11 is 0. The monoisotopic (exact) mass is 536 g/mol. The van der Waals surface area contributed by atoms with Crippen LogP contribution in [0.1, 0.15) is 30.9 Å². The summed E-state index contributed by atoms with van der Waals surface area (Å²) in [7, 11) is -2.13. The van der Waals surface area contributed by atoms with Crippen molar-refractivity contribution < 1.29 is 17.9 Å². The van der Waals surface area contributed by atoms with Gasteiger partial charge in [-0.2, -0.15) is 0 Å². The van der Waals surface area contributed by atoms with Crippen LogP contribution in [0, 0.1) is 6.92 Å². The number of guanidine groups is 1. The third-order valence-corrected chi connectivity index (χ3v) is 5.52. The van der Waals surface area contributed by atoms with Gasteiger partial charge in [-0.15, -0.1) is 24.0 Å². The van der Waals surface area contributed by atoms with E-state index in [1.807, 2.05) is 19.9 Å². The molecule has 0 spiro atoms. The number of hydrogen-bond acceptors (Lipinski definition) is 5. The Labute approximate surface area is 189 Å². The molecule has 1 aromatic heterocycles. The Hall–Kier alpha value is -1.63. The van der Waals surface area contributed by atoms with Crippen molar-refractivity contribution >= 4 is 40.0 Å². The zero-order valence-corrected chi connectivity index (χ0v) is 20.2. The molecular formula is C19H29IN4O4S. The second-order valence-corrected chi connectivity index (χ2v) is 8.47. The Bertz CT molecular complexity index is 926. The highest BCUT2D eigenvalue weighted by Gasteiger charge is 2.27. The average molecular weight is 536 g/mol. The molecule has 162 valence electrons. The van der Waals surface area contributed by atoms with Gasteiger partial charge < -0.3 is 20.2 Å². The van der Waals surface area contributed by atoms with Gasteiger partial charge in [-0.3, -0.25) is 0 Å². The van der Waals surface area contributed by atoms with E-state index in [0.717, 1.165) is 11.3 Å². The van der Waals surface area contributed by atoms with Crippen LogP contribution in [0.15, 0.2) is 50.7 Å². The number of sulfonamides is 1. The number of nitrogens with one attached hydrogen (secondary N) is 3. The van der Waals surface area contributed by atoms with Crippen LogP contribution in [0.2, 0.25) is 0 Å². The van der Waals surface area contributed by atoms with Gasteiger partial charge in [-0.05, 0) is 57.6 Å². The van der Waals surface area contributed by atoms with Crippen molar-refractivity contribution in [3.8, 4) is 0 Å². The van der Waals surface area contributed by atoms with E-state index in [9.17, 15) is 13.5 Å². The summed E-state index contributed by atoms with van der Waals surface area (Å²) in [5, 5.41) is 16.8. The number of hydrogen-bond donors (Lipinski definition) is 4. The van der Waals surface area contributed by atoms with Crippen molar-refractivity contribution in [3.63, 3.8) is 0 Å². The molecule has 0 aliphatic carbocycles. The van der Waals surface area contributed by atoms with Crippen LogP contribution in [0.3, 0.4) is 0 Å². The highest BCUT2D eigenvalue weighted by molar-refractivity contribution is 14.0. The largest absolute Gasteiger partial charge is 0.463 e. The molecule has 2 aromatic rings. The van der Waals surface area contributed by atoms with E-state index in [-0.39, 0.29) is 42.0 Å². The number of nitrogens with zero attached hydrogens (tertiary/aromatic N) is 1. The number of furan rings is 1. The van der Waals surface area contributed by atoms with Gasteiger partial charge in [0.2, 0.25) is 10.0 Å². The van der Waals surface area contributed by atoms with Gasteiger partial charge in [0, 0.05) is 6.54 Å². The molecule has 0 bridgehead atoms. The molecule has 0 aliphatic rings. The van der Waals surface area contributed by atoms with Crippen molar-refractivity contribution in [1.29, 1.82) is 0 Å². The smallest absolute Gasteiger partial charge is 0.240 e. The first-order valence-corrected chi connectivity index (χ1v) is 10.5. The van der Waals surface area contributed by atoms with Gasteiger partial charge in [0.05, 0.1) is 18.0 Å². The standard InChI is InChI=1S/C19H28N4O4S.HI/c1-5-21-18(23-13-19(3,24)17-10-9-14(2)27-17)22-12-15-7-6-8-16(11-15)28(25,26)20-4;/h6-11,20,24H,5,12-13H2,1-4H3,(H2,21,22,23);1H. The molecule has 2 rings (SSSR count). The molecule has 29 heavy (non-hydrogen) atoms. The minimum atomic E-state index is -3.50. The van der Waals surface area contributed by atoms with Crippen molar-refractivity contribution in [2.45, 2.75) is 37.8 Å². The molecular weight excluding hydrogens is 507 g/mol. The summed E-state index contributed by atoms with van der Waals surface area (Å²) in [6, 6.07) is 10.2. The SMILES string of the molecule is CCNC(=NCc1cccc(S(=O)(=O)NC)c1)NCC(C)(O)c1ccc(C)o1.I. The topological polar surface area (TPSA) is 116 Å². The second kappa shape index (κ2) is 11.0. The summed E-state index contributed by atoms with van der Waals surface area (Å²) in [6.07, 6.45) is 0. The van der Waals surface area contributed by atoms with Gasteiger partial charge in [-0.25, -0.2) is 18.1 Å². The highest BCUT2D eigenvalue weighted by Crippen LogP contribution is 2.21. The fraction of sp³-hybridized carbons (Fsp3) is 0.421. The lowest BCUT2D eigenvalue weighted by Crippen LogP contribution is -2.44. The van der Waals surface area contributed by atoms with E-state index in [1.165, 1.54) is 13.1 Å². The van der Waals surface area contributed by atoms with E-state index in [4.69, 9.17) is 4.42 Å². The average Bonchev–Trinajstić information content (AvgIpc) is 3.11. The van der Waals surface area contributed by atoms with Crippen LogP contribution in [-0.4, -0.2) is 39.6 Å². The Kier molecular flexibility index (Phi) is 9.59. The van der Waals surface area contributed by atoms with Gasteiger partial charge in [0.15, 0.2) is 5.96 Å². The van der Waals surface area contributed by atoms with Crippen LogP contribution in [0.25, 0.3) is 0 Å². The molecule has 1 aromatic carbocycles. The van der Waals surface area contributed by atoms with Crippen molar-refractivity contribution in [3.05, 3.63) is 53.5 Å². The highest BCUT2D eigenvalue weighted by atomic mass is 127. The van der Waals surface area contributed by atoms with E-state index in [1.54, 1.807) is 31.2 Å². The summed E-state index contributed by atoms with van der Waals surface area (Å²) in [6.45, 7) is 6.53. The molecule has 1 heterocycles. The molecule has 0 fully saturated rings. The number of aliphatic imine (C=N–C) groups is 1. The zero-order chi connectivity index (χ0) is 20.8. The quantitative estimate of drug-likeness (QED) is 0.233. The van der Waals surface area contributed by atoms with Crippen molar-refractivity contribution in [2.24, 2.45) is 4.99 Å². The molecule has 1 unspecified atom stereocenters. The first kappa shape index (κ1) is 25.4. The summed E-state index contributed by atoms with van der Waals surface area (Å²) in [5.41, 5.74) is -0.451. The molecule has 8 nitrogen and oxygen atoms in total. The minimum absolute atomic E-state index is 0. The lowest BCUT2D eigenvalue weighted by Gasteiger charge is -2.22. The fourth-order valence-electron chi connectivity index (χ4n) is 2.51. The first-order chi connectivity index (χ1) is 13.2. The fourth-order valence-corrected chi connectivity index (χ4v) is 3.31. The maximum absolute atomic E-state index is 11.9. The molecule has 0 amide bonds. The van der Waals surface area contributed by atoms with Gasteiger partial charge >= 0.3 is 0 Å². The Morgan fingerprint density at radius 2 is 1.97 bits per heavy atom. The Balaban J connectivity index is 0.00000420. The van der Waals surface area contributed by atoms with E-state index >= 15 is 0 Å². The predicted molar refractivity (Wildman–Crippen MR) is 124 cm³/mol. The number of rotatable bonds is 8. The Morgan fingerprint density at radius 1 is 1.24 bits per heavy atom. The summed E-state index contributed by atoms with van der Waals surface area (Å²) < 4.78 is 31.7. The number of benzene rings is 1. The lowest BCUT2D eigenvalue weighted by atomic mass is 10.0. The molecule has 10 heteroatoms. The van der Waals surface area contributed by atoms with E-state index in [0.29, 0.717) is 18.3 Å². The molecule has 1 atom stereocenters. The summed E-state index contributed by atoms with van der Waals surface area (Å²) in [5.74, 6) is 1.71. The maximum Gasteiger partial charge on any atom is 0.240 e. The molecule has 0 aliphatic heterocycles. The van der Waals surface area contributed by atoms with Gasteiger partial charge in [0.1, 0.15) is 17.1 Å². The lowest BCUT2D eigenvalue weighted by molar-refractivity contribution is 0.0378. The van der Waals surface area contributed by atoms with Crippen LogP contribution in [0.5, 0.6) is 0 Å². The third kappa shape index (κ3) is 7.28. The maximum atomic E-state index is 11.9. The van der Waals surface area contributed by atoms with Gasteiger partial charge in [0.25, 0.3) is 0 Å². The van der Waals surface area contributed by atoms with Crippen LogP contribution in [-0.2, 0) is 22.2 Å². The predicted octanol–water partition coefficient (Wildman–Crippen LogP) is 2.08. The van der Waals surface area contributed by atoms with E-state index in [2.05, 4.69) is 20.3 Å². The van der Waals surface area contributed by atoms with Gasteiger partial charge in [-0.1, -0.05) is 12.1 Å². The minimum Gasteiger partial charge on any atom is -0.463 e. The van der Waals surface area contributed by atoms with E-state index < -0.39 is 15.6 Å². The van der Waals surface area contributed by atoms with Crippen LogP contribution in [0.4, 0.5) is 0 Å². The first-order valence-electron chi connectivity index (χ1n) is 9.02. The normalized spacial score (nSPS) is 14.0. The number of halogens is 1. The molecule has 4 N–H and O–H groups in total. The van der Waals surface area contributed by atoms with Crippen molar-refractivity contribution in [2.75, 3.05) is 20.1 Å². The molecule has 0 saturated carbocycles. The molecule has 0 radical (unpaired) electrons. The van der Waals surface area contributed by atoms with Crippen molar-refractivity contribution in [1.82, 2.24) is 15.4 Å². The second-order valence-electron chi connectivity index (χ2n) is 6.59. The van der Waals surface area contributed by atoms with Crippen LogP contribution >= 0.6 is 24.0 Å². The third-order valence-electron chi connectivity index (χ3n) is 4.11. The zero-order valence-electron chi connectivity index (χ0n) is 17.0. The number of aliphatic hydroxyl groups is 1.